The van der Waals surface area contributed by atoms with Gasteiger partial charge in [0.25, 0.3) is 0 Å². The molecule has 1 fully saturated rings. The van der Waals surface area contributed by atoms with Crippen LogP contribution < -0.4 is 9.47 Å². The smallest absolute Gasteiger partial charge is 0.224 e. The first-order valence-electron chi connectivity index (χ1n) is 8.01. The molecule has 1 atom stereocenters. The molecule has 1 aromatic heterocycles. The summed E-state index contributed by atoms with van der Waals surface area (Å²) in [6.45, 7) is 1.71. The van der Waals surface area contributed by atoms with E-state index in [1.807, 2.05) is 41.4 Å². The van der Waals surface area contributed by atoms with Crippen LogP contribution >= 0.6 is 11.8 Å². The van der Waals surface area contributed by atoms with Crippen LogP contribution in [-0.4, -0.2) is 34.8 Å². The lowest BCUT2D eigenvalue weighted by Gasteiger charge is -2.36. The van der Waals surface area contributed by atoms with Crippen molar-refractivity contribution in [1.29, 1.82) is 0 Å². The van der Waals surface area contributed by atoms with Crippen LogP contribution in [0.2, 0.25) is 0 Å². The number of carbonyl (C=O) groups excluding carboxylic acids is 1. The van der Waals surface area contributed by atoms with Crippen LogP contribution in [0.4, 0.5) is 0 Å². The molecule has 2 aromatic rings. The van der Waals surface area contributed by atoms with Crippen molar-refractivity contribution in [3.8, 4) is 11.5 Å². The second-order valence-corrected chi connectivity index (χ2v) is 6.95. The number of pyridine rings is 1. The number of fused-ring (bicyclic) bond motifs is 1. The Bertz CT molecular complexity index is 738. The molecule has 5 nitrogen and oxygen atoms in total. The van der Waals surface area contributed by atoms with Crippen molar-refractivity contribution in [3.05, 3.63) is 53.9 Å². The summed E-state index contributed by atoms with van der Waals surface area (Å²) in [7, 11) is 0. The van der Waals surface area contributed by atoms with Gasteiger partial charge in [-0.1, -0.05) is 12.1 Å². The molecule has 0 bridgehead atoms. The summed E-state index contributed by atoms with van der Waals surface area (Å²) in [5.41, 5.74) is 2.11. The Morgan fingerprint density at radius 2 is 2.08 bits per heavy atom. The molecule has 0 N–H and O–H groups in total. The van der Waals surface area contributed by atoms with Crippen LogP contribution in [0.25, 0.3) is 0 Å². The third kappa shape index (κ3) is 3.06. The van der Waals surface area contributed by atoms with Gasteiger partial charge in [0.1, 0.15) is 18.6 Å². The Balaban J connectivity index is 1.62. The minimum atomic E-state index is -0.0118. The monoisotopic (exact) mass is 342 g/mol. The van der Waals surface area contributed by atoms with Crippen LogP contribution in [0.1, 0.15) is 22.9 Å². The number of thioether (sulfide) groups is 1. The Kier molecular flexibility index (Phi) is 4.30. The van der Waals surface area contributed by atoms with E-state index in [4.69, 9.17) is 9.47 Å². The molecular weight excluding hydrogens is 324 g/mol. The van der Waals surface area contributed by atoms with E-state index in [2.05, 4.69) is 4.98 Å². The Morgan fingerprint density at radius 1 is 1.21 bits per heavy atom. The van der Waals surface area contributed by atoms with E-state index in [0.717, 1.165) is 28.4 Å². The van der Waals surface area contributed by atoms with Crippen LogP contribution in [0.5, 0.6) is 11.5 Å². The maximum absolute atomic E-state index is 12.5. The van der Waals surface area contributed by atoms with E-state index >= 15 is 0 Å². The van der Waals surface area contributed by atoms with Gasteiger partial charge in [-0.05, 0) is 29.3 Å². The van der Waals surface area contributed by atoms with E-state index in [1.165, 1.54) is 0 Å². The predicted molar refractivity (Wildman–Crippen MR) is 92.0 cm³/mol. The normalized spacial score (nSPS) is 20.1. The van der Waals surface area contributed by atoms with Gasteiger partial charge in [-0.15, -0.1) is 11.8 Å². The summed E-state index contributed by atoms with van der Waals surface area (Å²) in [6, 6.07) is 9.86. The molecule has 3 heterocycles. The van der Waals surface area contributed by atoms with Crippen LogP contribution in [0.15, 0.2) is 42.7 Å². The Morgan fingerprint density at radius 3 is 2.92 bits per heavy atom. The zero-order valence-corrected chi connectivity index (χ0v) is 14.0. The first kappa shape index (κ1) is 15.3. The van der Waals surface area contributed by atoms with Gasteiger partial charge < -0.3 is 14.4 Å². The average Bonchev–Trinajstić information content (AvgIpc) is 2.64. The molecule has 6 heteroatoms. The Hall–Kier alpha value is -2.21. The Labute approximate surface area is 145 Å². The fourth-order valence-corrected chi connectivity index (χ4v) is 4.20. The highest BCUT2D eigenvalue weighted by Crippen LogP contribution is 2.41. The summed E-state index contributed by atoms with van der Waals surface area (Å²) >= 11 is 1.79. The van der Waals surface area contributed by atoms with E-state index in [9.17, 15) is 4.79 Å². The summed E-state index contributed by atoms with van der Waals surface area (Å²) in [4.78, 5) is 18.6. The molecule has 0 spiro atoms. The first-order chi connectivity index (χ1) is 11.8. The number of amides is 1. The van der Waals surface area contributed by atoms with Gasteiger partial charge >= 0.3 is 0 Å². The lowest BCUT2D eigenvalue weighted by molar-refractivity contribution is -0.132. The van der Waals surface area contributed by atoms with Gasteiger partial charge in [-0.25, -0.2) is 0 Å². The van der Waals surface area contributed by atoms with Crippen molar-refractivity contribution in [2.24, 2.45) is 0 Å². The molecule has 0 aliphatic carbocycles. The van der Waals surface area contributed by atoms with Crippen molar-refractivity contribution in [2.75, 3.05) is 19.0 Å². The number of ether oxygens (including phenoxy) is 2. The topological polar surface area (TPSA) is 51.7 Å². The first-order valence-corrected chi connectivity index (χ1v) is 9.06. The standard InChI is InChI=1S/C18H18N2O3S/c21-17-5-9-24-18(20(17)12-13-2-1-6-19-11-13)14-3-4-15-16(10-14)23-8-7-22-15/h1-4,6,10-11,18H,5,7-9,12H2. The summed E-state index contributed by atoms with van der Waals surface area (Å²) < 4.78 is 11.3. The molecule has 1 unspecified atom stereocenters. The van der Waals surface area contributed by atoms with E-state index < -0.39 is 0 Å². The van der Waals surface area contributed by atoms with Gasteiger partial charge in [-0.3, -0.25) is 9.78 Å². The van der Waals surface area contributed by atoms with E-state index in [1.54, 1.807) is 18.0 Å². The van der Waals surface area contributed by atoms with Gasteiger partial charge in [0.05, 0.1) is 0 Å². The van der Waals surface area contributed by atoms with Crippen LogP contribution in [0, 0.1) is 0 Å². The van der Waals surface area contributed by atoms with E-state index in [0.29, 0.717) is 26.2 Å². The molecule has 124 valence electrons. The highest BCUT2D eigenvalue weighted by molar-refractivity contribution is 7.99. The lowest BCUT2D eigenvalue weighted by atomic mass is 10.1. The molecule has 2 aliphatic heterocycles. The maximum atomic E-state index is 12.5. The van der Waals surface area contributed by atoms with E-state index in [-0.39, 0.29) is 11.3 Å². The van der Waals surface area contributed by atoms with Gasteiger partial charge in [-0.2, -0.15) is 0 Å². The highest BCUT2D eigenvalue weighted by Gasteiger charge is 2.30. The lowest BCUT2D eigenvalue weighted by Crippen LogP contribution is -2.36. The average molecular weight is 342 g/mol. The predicted octanol–water partition coefficient (Wildman–Crippen LogP) is 3.02. The number of hydrogen-bond acceptors (Lipinski definition) is 5. The van der Waals surface area contributed by atoms with Crippen molar-refractivity contribution in [2.45, 2.75) is 18.3 Å². The fourth-order valence-electron chi connectivity index (χ4n) is 2.97. The molecule has 24 heavy (non-hydrogen) atoms. The van der Waals surface area contributed by atoms with Crippen LogP contribution in [-0.2, 0) is 11.3 Å². The summed E-state index contributed by atoms with van der Waals surface area (Å²) in [6.07, 6.45) is 4.13. The second kappa shape index (κ2) is 6.73. The number of carbonyl (C=O) groups is 1. The zero-order chi connectivity index (χ0) is 16.4. The molecule has 1 saturated heterocycles. The largest absolute Gasteiger partial charge is 0.486 e. The summed E-state index contributed by atoms with van der Waals surface area (Å²) in [5.74, 6) is 2.55. The maximum Gasteiger partial charge on any atom is 0.224 e. The van der Waals surface area contributed by atoms with Crippen molar-refractivity contribution in [3.63, 3.8) is 0 Å². The SMILES string of the molecule is O=C1CCSC(c2ccc3c(c2)OCCO3)N1Cc1cccnc1. The molecule has 2 aliphatic rings. The van der Waals surface area contributed by atoms with Crippen molar-refractivity contribution >= 4 is 17.7 Å². The zero-order valence-electron chi connectivity index (χ0n) is 13.2. The molecule has 0 radical (unpaired) electrons. The number of benzene rings is 1. The number of nitrogens with zero attached hydrogens (tertiary/aromatic N) is 2. The molecule has 1 aromatic carbocycles. The molecular formula is C18H18N2O3S. The van der Waals surface area contributed by atoms with Crippen molar-refractivity contribution in [1.82, 2.24) is 9.88 Å². The summed E-state index contributed by atoms with van der Waals surface area (Å²) in [5, 5.41) is -0.0118. The van der Waals surface area contributed by atoms with Crippen molar-refractivity contribution < 1.29 is 14.3 Å². The minimum absolute atomic E-state index is 0.0118. The quantitative estimate of drug-likeness (QED) is 0.858. The fraction of sp³-hybridized carbons (Fsp3) is 0.333. The number of aromatic nitrogens is 1. The third-order valence-electron chi connectivity index (χ3n) is 4.12. The highest BCUT2D eigenvalue weighted by atomic mass is 32.2. The number of rotatable bonds is 3. The molecule has 1 amide bonds. The third-order valence-corrected chi connectivity index (χ3v) is 5.40. The van der Waals surface area contributed by atoms with Gasteiger partial charge in [0.15, 0.2) is 11.5 Å². The van der Waals surface area contributed by atoms with Crippen LogP contribution in [0.3, 0.4) is 0 Å². The van der Waals surface area contributed by atoms with Gasteiger partial charge in [0, 0.05) is 31.1 Å². The minimum Gasteiger partial charge on any atom is -0.486 e. The van der Waals surface area contributed by atoms with Gasteiger partial charge in [0.2, 0.25) is 5.91 Å². The second-order valence-electron chi connectivity index (χ2n) is 5.76. The number of hydrogen-bond donors (Lipinski definition) is 0. The molecule has 0 saturated carbocycles. The molecule has 4 rings (SSSR count).